The predicted octanol–water partition coefficient (Wildman–Crippen LogP) is 0.939. The van der Waals surface area contributed by atoms with Gasteiger partial charge in [-0.25, -0.2) is 0 Å². The fourth-order valence-electron chi connectivity index (χ4n) is 2.44. The largest absolute Gasteiger partial charge is 0.469 e. The molecule has 0 bridgehead atoms. The summed E-state index contributed by atoms with van der Waals surface area (Å²) in [6, 6.07) is 0. The van der Waals surface area contributed by atoms with Crippen molar-refractivity contribution in [2.24, 2.45) is 11.3 Å². The van der Waals surface area contributed by atoms with Crippen molar-refractivity contribution in [3.63, 3.8) is 0 Å². The first-order chi connectivity index (χ1) is 6.29. The van der Waals surface area contributed by atoms with E-state index >= 15 is 0 Å². The summed E-state index contributed by atoms with van der Waals surface area (Å²) in [5.74, 6) is 0.537. The molecule has 3 heteroatoms. The van der Waals surface area contributed by atoms with Crippen LogP contribution in [0.5, 0.6) is 0 Å². The maximum atomic E-state index is 11.5. The van der Waals surface area contributed by atoms with Crippen LogP contribution in [0, 0.1) is 11.3 Å². The van der Waals surface area contributed by atoms with E-state index in [1.54, 1.807) is 0 Å². The first-order valence-electron chi connectivity index (χ1n) is 5.09. The van der Waals surface area contributed by atoms with E-state index < -0.39 is 0 Å². The molecule has 2 fully saturated rings. The summed E-state index contributed by atoms with van der Waals surface area (Å²) in [6.07, 6.45) is 4.45. The molecule has 0 aromatic carbocycles. The van der Waals surface area contributed by atoms with Gasteiger partial charge in [-0.3, -0.25) is 4.79 Å². The van der Waals surface area contributed by atoms with Crippen molar-refractivity contribution in [1.29, 1.82) is 0 Å². The van der Waals surface area contributed by atoms with E-state index in [0.717, 1.165) is 25.9 Å². The van der Waals surface area contributed by atoms with Gasteiger partial charge < -0.3 is 10.1 Å². The van der Waals surface area contributed by atoms with Gasteiger partial charge in [0.15, 0.2) is 0 Å². The molecular weight excluding hydrogens is 166 g/mol. The number of carbonyl (C=O) groups excluding carboxylic acids is 1. The molecule has 0 spiro atoms. The Morgan fingerprint density at radius 1 is 1.54 bits per heavy atom. The Kier molecular flexibility index (Phi) is 2.28. The van der Waals surface area contributed by atoms with Crippen LogP contribution in [-0.4, -0.2) is 26.2 Å². The van der Waals surface area contributed by atoms with Gasteiger partial charge in [0.1, 0.15) is 0 Å². The van der Waals surface area contributed by atoms with Gasteiger partial charge in [0, 0.05) is 0 Å². The lowest BCUT2D eigenvalue weighted by molar-refractivity contribution is -0.149. The number of ether oxygens (including phenoxy) is 1. The van der Waals surface area contributed by atoms with Crippen molar-refractivity contribution >= 4 is 5.97 Å². The van der Waals surface area contributed by atoms with Gasteiger partial charge in [-0.2, -0.15) is 0 Å². The monoisotopic (exact) mass is 183 g/mol. The zero-order valence-electron chi connectivity index (χ0n) is 8.14. The lowest BCUT2D eigenvalue weighted by atomic mass is 9.83. The lowest BCUT2D eigenvalue weighted by Crippen LogP contribution is -2.38. The molecule has 1 aliphatic heterocycles. The molecule has 0 aromatic heterocycles. The summed E-state index contributed by atoms with van der Waals surface area (Å²) in [7, 11) is 1.50. The molecule has 2 aliphatic rings. The quantitative estimate of drug-likeness (QED) is 0.647. The fourth-order valence-corrected chi connectivity index (χ4v) is 2.44. The highest BCUT2D eigenvalue weighted by molar-refractivity contribution is 5.80. The third kappa shape index (κ3) is 1.46. The SMILES string of the molecule is COC(=O)C1([C@@H]2CCCNC2)CC1. The Bertz CT molecular complexity index is 205. The second-order valence-corrected chi connectivity index (χ2v) is 4.19. The molecule has 74 valence electrons. The minimum absolute atomic E-state index is 0.0150. The number of esters is 1. The normalized spacial score (nSPS) is 31.0. The predicted molar refractivity (Wildman–Crippen MR) is 49.3 cm³/mol. The van der Waals surface area contributed by atoms with E-state index in [0.29, 0.717) is 5.92 Å². The van der Waals surface area contributed by atoms with Crippen LogP contribution in [0.25, 0.3) is 0 Å². The molecule has 13 heavy (non-hydrogen) atoms. The third-order valence-electron chi connectivity index (χ3n) is 3.46. The third-order valence-corrected chi connectivity index (χ3v) is 3.46. The maximum absolute atomic E-state index is 11.5. The van der Waals surface area contributed by atoms with Crippen LogP contribution in [0.2, 0.25) is 0 Å². The molecule has 1 heterocycles. The Morgan fingerprint density at radius 3 is 2.77 bits per heavy atom. The van der Waals surface area contributed by atoms with Crippen LogP contribution in [0.1, 0.15) is 25.7 Å². The molecule has 1 aliphatic carbocycles. The summed E-state index contributed by atoms with van der Waals surface area (Å²) in [6.45, 7) is 2.10. The molecule has 1 saturated heterocycles. The first-order valence-corrected chi connectivity index (χ1v) is 5.09. The van der Waals surface area contributed by atoms with Crippen molar-refractivity contribution in [3.05, 3.63) is 0 Å². The summed E-state index contributed by atoms with van der Waals surface area (Å²) in [5, 5.41) is 3.35. The van der Waals surface area contributed by atoms with Crippen molar-refractivity contribution in [3.8, 4) is 0 Å². The molecular formula is C10H17NO2. The lowest BCUT2D eigenvalue weighted by Gasteiger charge is -2.28. The second-order valence-electron chi connectivity index (χ2n) is 4.19. The van der Waals surface area contributed by atoms with Gasteiger partial charge in [-0.1, -0.05) is 0 Å². The van der Waals surface area contributed by atoms with Crippen LogP contribution in [0.3, 0.4) is 0 Å². The summed E-state index contributed by atoms with van der Waals surface area (Å²) in [5.41, 5.74) is -0.0951. The molecule has 1 saturated carbocycles. The average Bonchev–Trinajstić information content (AvgIpc) is 2.99. The highest BCUT2D eigenvalue weighted by Crippen LogP contribution is 2.54. The van der Waals surface area contributed by atoms with E-state index in [1.807, 2.05) is 0 Å². The van der Waals surface area contributed by atoms with Crippen molar-refractivity contribution in [1.82, 2.24) is 5.32 Å². The molecule has 3 nitrogen and oxygen atoms in total. The Labute approximate surface area is 78.8 Å². The van der Waals surface area contributed by atoms with E-state index in [9.17, 15) is 4.79 Å². The van der Waals surface area contributed by atoms with Gasteiger partial charge in [0.25, 0.3) is 0 Å². The van der Waals surface area contributed by atoms with E-state index in [1.165, 1.54) is 20.0 Å². The maximum Gasteiger partial charge on any atom is 0.312 e. The van der Waals surface area contributed by atoms with Crippen LogP contribution >= 0.6 is 0 Å². The fraction of sp³-hybridized carbons (Fsp3) is 0.900. The molecule has 0 amide bonds. The van der Waals surface area contributed by atoms with Crippen molar-refractivity contribution < 1.29 is 9.53 Å². The van der Waals surface area contributed by atoms with Crippen LogP contribution < -0.4 is 5.32 Å². The van der Waals surface area contributed by atoms with E-state index in [4.69, 9.17) is 4.74 Å². The smallest absolute Gasteiger partial charge is 0.312 e. The van der Waals surface area contributed by atoms with Crippen molar-refractivity contribution in [2.45, 2.75) is 25.7 Å². The molecule has 0 aromatic rings. The summed E-state index contributed by atoms with van der Waals surface area (Å²) >= 11 is 0. The van der Waals surface area contributed by atoms with Crippen LogP contribution in [0.15, 0.2) is 0 Å². The van der Waals surface area contributed by atoms with Gasteiger partial charge >= 0.3 is 5.97 Å². The second kappa shape index (κ2) is 3.29. The highest BCUT2D eigenvalue weighted by Gasteiger charge is 2.56. The first kappa shape index (κ1) is 9.00. The minimum Gasteiger partial charge on any atom is -0.469 e. The summed E-state index contributed by atoms with van der Waals surface area (Å²) < 4.78 is 4.86. The Hall–Kier alpha value is -0.570. The number of piperidine rings is 1. The molecule has 0 radical (unpaired) electrons. The van der Waals surface area contributed by atoms with Crippen molar-refractivity contribution in [2.75, 3.05) is 20.2 Å². The number of methoxy groups -OCH3 is 1. The molecule has 0 unspecified atom stereocenters. The van der Waals surface area contributed by atoms with Gasteiger partial charge in [-0.05, 0) is 44.7 Å². The number of carbonyl (C=O) groups is 1. The zero-order chi connectivity index (χ0) is 9.31. The topological polar surface area (TPSA) is 38.3 Å². The van der Waals surface area contributed by atoms with Gasteiger partial charge in [-0.15, -0.1) is 0 Å². The van der Waals surface area contributed by atoms with E-state index in [2.05, 4.69) is 5.32 Å². The number of hydrogen-bond acceptors (Lipinski definition) is 3. The number of nitrogens with one attached hydrogen (secondary N) is 1. The minimum atomic E-state index is -0.0951. The standard InChI is InChI=1S/C10H17NO2/c1-13-9(12)10(4-5-10)8-3-2-6-11-7-8/h8,11H,2-7H2,1H3/t8-/m1/s1. The van der Waals surface area contributed by atoms with E-state index in [-0.39, 0.29) is 11.4 Å². The van der Waals surface area contributed by atoms with Gasteiger partial charge in [0.05, 0.1) is 12.5 Å². The molecule has 2 rings (SSSR count). The Morgan fingerprint density at radius 2 is 2.31 bits per heavy atom. The van der Waals surface area contributed by atoms with Gasteiger partial charge in [0.2, 0.25) is 0 Å². The summed E-state index contributed by atoms with van der Waals surface area (Å²) in [4.78, 5) is 11.5. The molecule has 1 N–H and O–H groups in total. The zero-order valence-corrected chi connectivity index (χ0v) is 8.14. The number of hydrogen-bond donors (Lipinski definition) is 1. The average molecular weight is 183 g/mol. The van der Waals surface area contributed by atoms with Crippen LogP contribution in [-0.2, 0) is 9.53 Å². The molecule has 1 atom stereocenters. The number of rotatable bonds is 2. The highest BCUT2D eigenvalue weighted by atomic mass is 16.5. The Balaban J connectivity index is 2.01. The van der Waals surface area contributed by atoms with Crippen LogP contribution in [0.4, 0.5) is 0 Å².